The Hall–Kier alpha value is -1.69. The number of carbonyl (C=O) groups is 1. The molecule has 2 rings (SSSR count). The van der Waals surface area contributed by atoms with Crippen LogP contribution in [0.4, 0.5) is 8.78 Å². The molecule has 1 aromatic rings. The van der Waals surface area contributed by atoms with Gasteiger partial charge in [-0.25, -0.2) is 0 Å². The van der Waals surface area contributed by atoms with Gasteiger partial charge in [0.05, 0.1) is 0 Å². The predicted octanol–water partition coefficient (Wildman–Crippen LogP) is 2.86. The predicted molar refractivity (Wildman–Crippen MR) is 80.3 cm³/mol. The maximum absolute atomic E-state index is 12.7. The molecule has 1 aliphatic rings. The Labute approximate surface area is 129 Å². The smallest absolute Gasteiger partial charge is 0.387 e. The Kier molecular flexibility index (Phi) is 5.34. The topological polar surface area (TPSA) is 55.6 Å². The standard InChI is InChI=1S/C16H22F2N2O2/c1-10-7-12(8-11(2)14(10)22-16(17)18)15(21)20-6-4-3-5-13(20)9-19/h7-8,13,16H,3-6,9,19H2,1-2H3. The van der Waals surface area contributed by atoms with Crippen molar-refractivity contribution in [2.75, 3.05) is 13.1 Å². The Morgan fingerprint density at radius 3 is 2.55 bits per heavy atom. The Balaban J connectivity index is 2.26. The lowest BCUT2D eigenvalue weighted by atomic mass is 9.99. The number of nitrogens with two attached hydrogens (primary N) is 1. The van der Waals surface area contributed by atoms with Gasteiger partial charge >= 0.3 is 6.61 Å². The maximum atomic E-state index is 12.7. The van der Waals surface area contributed by atoms with Gasteiger partial charge in [0.25, 0.3) is 5.91 Å². The normalized spacial score (nSPS) is 18.6. The molecule has 1 saturated heterocycles. The van der Waals surface area contributed by atoms with Crippen molar-refractivity contribution in [3.8, 4) is 5.75 Å². The summed E-state index contributed by atoms with van der Waals surface area (Å²) in [5.74, 6) is 0.0468. The van der Waals surface area contributed by atoms with Crippen molar-refractivity contribution < 1.29 is 18.3 Å². The van der Waals surface area contributed by atoms with Gasteiger partial charge in [0.15, 0.2) is 0 Å². The van der Waals surface area contributed by atoms with Crippen LogP contribution in [0.5, 0.6) is 5.75 Å². The molecule has 0 bridgehead atoms. The van der Waals surface area contributed by atoms with Gasteiger partial charge in [0.2, 0.25) is 0 Å². The molecule has 4 nitrogen and oxygen atoms in total. The number of aryl methyl sites for hydroxylation is 2. The number of likely N-dealkylation sites (tertiary alicyclic amines) is 1. The highest BCUT2D eigenvalue weighted by atomic mass is 19.3. The number of alkyl halides is 2. The Morgan fingerprint density at radius 2 is 2.00 bits per heavy atom. The molecular formula is C16H22F2N2O2. The minimum Gasteiger partial charge on any atom is -0.434 e. The van der Waals surface area contributed by atoms with E-state index in [9.17, 15) is 13.6 Å². The van der Waals surface area contributed by atoms with Crippen molar-refractivity contribution in [1.29, 1.82) is 0 Å². The Morgan fingerprint density at radius 1 is 1.36 bits per heavy atom. The van der Waals surface area contributed by atoms with Gasteiger partial charge in [-0.15, -0.1) is 0 Å². The van der Waals surface area contributed by atoms with E-state index in [1.165, 1.54) is 0 Å². The number of carbonyl (C=O) groups excluding carboxylic acids is 1. The molecule has 1 fully saturated rings. The largest absolute Gasteiger partial charge is 0.434 e. The number of rotatable bonds is 4. The maximum Gasteiger partial charge on any atom is 0.387 e. The zero-order valence-corrected chi connectivity index (χ0v) is 12.9. The monoisotopic (exact) mass is 312 g/mol. The molecular weight excluding hydrogens is 290 g/mol. The first kappa shape index (κ1) is 16.7. The van der Waals surface area contributed by atoms with E-state index >= 15 is 0 Å². The summed E-state index contributed by atoms with van der Waals surface area (Å²) < 4.78 is 29.4. The van der Waals surface area contributed by atoms with E-state index in [0.717, 1.165) is 19.3 Å². The van der Waals surface area contributed by atoms with Crippen molar-refractivity contribution in [2.45, 2.75) is 45.8 Å². The number of benzene rings is 1. The molecule has 22 heavy (non-hydrogen) atoms. The van der Waals surface area contributed by atoms with E-state index < -0.39 is 6.61 Å². The summed E-state index contributed by atoms with van der Waals surface area (Å²) in [5, 5.41) is 0. The number of nitrogens with zero attached hydrogens (tertiary/aromatic N) is 1. The average Bonchev–Trinajstić information content (AvgIpc) is 2.49. The van der Waals surface area contributed by atoms with Gasteiger partial charge in [0.1, 0.15) is 5.75 Å². The van der Waals surface area contributed by atoms with Gasteiger partial charge in [-0.2, -0.15) is 8.78 Å². The second-order valence-electron chi connectivity index (χ2n) is 5.70. The van der Waals surface area contributed by atoms with Crippen LogP contribution >= 0.6 is 0 Å². The zero-order chi connectivity index (χ0) is 16.3. The summed E-state index contributed by atoms with van der Waals surface area (Å²) in [4.78, 5) is 14.5. The molecule has 0 spiro atoms. The molecule has 1 aromatic carbocycles. The lowest BCUT2D eigenvalue weighted by molar-refractivity contribution is -0.0507. The third kappa shape index (κ3) is 3.55. The van der Waals surface area contributed by atoms with E-state index in [1.54, 1.807) is 30.9 Å². The van der Waals surface area contributed by atoms with Gasteiger partial charge in [-0.3, -0.25) is 4.79 Å². The molecule has 1 heterocycles. The SMILES string of the molecule is Cc1cc(C(=O)N2CCCCC2CN)cc(C)c1OC(F)F. The van der Waals surface area contributed by atoms with Crippen molar-refractivity contribution >= 4 is 5.91 Å². The molecule has 1 unspecified atom stereocenters. The fourth-order valence-electron chi connectivity index (χ4n) is 3.03. The van der Waals surface area contributed by atoms with Crippen LogP contribution in [0.3, 0.4) is 0 Å². The number of hydrogen-bond donors (Lipinski definition) is 1. The highest BCUT2D eigenvalue weighted by molar-refractivity contribution is 5.95. The van der Waals surface area contributed by atoms with E-state index in [4.69, 9.17) is 5.73 Å². The van der Waals surface area contributed by atoms with Crippen molar-refractivity contribution in [3.05, 3.63) is 28.8 Å². The molecule has 0 saturated carbocycles. The highest BCUT2D eigenvalue weighted by Crippen LogP contribution is 2.28. The van der Waals surface area contributed by atoms with Crippen LogP contribution in [0.2, 0.25) is 0 Å². The number of piperidine rings is 1. The Bertz CT molecular complexity index is 526. The summed E-state index contributed by atoms with van der Waals surface area (Å²) >= 11 is 0. The lowest BCUT2D eigenvalue weighted by Gasteiger charge is -2.35. The number of amides is 1. The number of hydrogen-bond acceptors (Lipinski definition) is 3. The third-order valence-electron chi connectivity index (χ3n) is 4.07. The van der Waals surface area contributed by atoms with Crippen molar-refractivity contribution in [1.82, 2.24) is 4.90 Å². The summed E-state index contributed by atoms with van der Waals surface area (Å²) in [6.07, 6.45) is 2.95. The van der Waals surface area contributed by atoms with Crippen LogP contribution in [0, 0.1) is 13.8 Å². The fraction of sp³-hybridized carbons (Fsp3) is 0.562. The molecule has 2 N–H and O–H groups in total. The zero-order valence-electron chi connectivity index (χ0n) is 12.9. The number of halogens is 2. The second kappa shape index (κ2) is 7.05. The van der Waals surface area contributed by atoms with E-state index in [2.05, 4.69) is 4.74 Å². The first-order chi connectivity index (χ1) is 10.4. The molecule has 122 valence electrons. The molecule has 0 aliphatic carbocycles. The average molecular weight is 312 g/mol. The third-order valence-corrected chi connectivity index (χ3v) is 4.07. The molecule has 0 aromatic heterocycles. The summed E-state index contributed by atoms with van der Waals surface area (Å²) in [6.45, 7) is 1.59. The van der Waals surface area contributed by atoms with Crippen molar-refractivity contribution in [2.24, 2.45) is 5.73 Å². The van der Waals surface area contributed by atoms with Gasteiger partial charge in [-0.05, 0) is 56.4 Å². The van der Waals surface area contributed by atoms with Gasteiger partial charge < -0.3 is 15.4 Å². The van der Waals surface area contributed by atoms with Crippen LogP contribution in [0.15, 0.2) is 12.1 Å². The fourth-order valence-corrected chi connectivity index (χ4v) is 3.03. The van der Waals surface area contributed by atoms with Crippen LogP contribution in [0.25, 0.3) is 0 Å². The quantitative estimate of drug-likeness (QED) is 0.930. The first-order valence-electron chi connectivity index (χ1n) is 7.51. The van der Waals surface area contributed by atoms with Crippen LogP contribution in [-0.2, 0) is 0 Å². The molecule has 6 heteroatoms. The van der Waals surface area contributed by atoms with Crippen molar-refractivity contribution in [3.63, 3.8) is 0 Å². The summed E-state index contributed by atoms with van der Waals surface area (Å²) in [6, 6.07) is 3.27. The molecule has 0 radical (unpaired) electrons. The lowest BCUT2D eigenvalue weighted by Crippen LogP contribution is -2.47. The minimum atomic E-state index is -2.87. The first-order valence-corrected chi connectivity index (χ1v) is 7.51. The van der Waals surface area contributed by atoms with E-state index in [-0.39, 0.29) is 17.7 Å². The number of ether oxygens (including phenoxy) is 1. The van der Waals surface area contributed by atoms with Gasteiger partial charge in [0, 0.05) is 24.7 Å². The van der Waals surface area contributed by atoms with Gasteiger partial charge in [-0.1, -0.05) is 0 Å². The molecule has 1 amide bonds. The summed E-state index contributed by atoms with van der Waals surface area (Å²) in [7, 11) is 0. The molecule has 1 aliphatic heterocycles. The summed E-state index contributed by atoms with van der Waals surface area (Å²) in [5.41, 5.74) is 7.31. The minimum absolute atomic E-state index is 0.0545. The molecule has 1 atom stereocenters. The van der Waals surface area contributed by atoms with E-state index in [1.807, 2.05) is 0 Å². The van der Waals surface area contributed by atoms with E-state index in [0.29, 0.717) is 29.8 Å². The van der Waals surface area contributed by atoms with Crippen LogP contribution in [-0.4, -0.2) is 36.5 Å². The van der Waals surface area contributed by atoms with Crippen LogP contribution in [0.1, 0.15) is 40.7 Å². The highest BCUT2D eigenvalue weighted by Gasteiger charge is 2.27. The second-order valence-corrected chi connectivity index (χ2v) is 5.70. The van der Waals surface area contributed by atoms with Crippen LogP contribution < -0.4 is 10.5 Å².